The van der Waals surface area contributed by atoms with Crippen molar-refractivity contribution in [3.05, 3.63) is 55.0 Å². The summed E-state index contributed by atoms with van der Waals surface area (Å²) in [6.45, 7) is 6.67. The molecule has 0 aliphatic heterocycles. The second kappa shape index (κ2) is 10.2. The fraction of sp³-hybridized carbons (Fsp3) is 0.286. The van der Waals surface area contributed by atoms with Crippen molar-refractivity contribution in [2.45, 2.75) is 33.2 Å². The van der Waals surface area contributed by atoms with Gasteiger partial charge in [0.1, 0.15) is 11.6 Å². The molecule has 0 bridgehead atoms. The van der Waals surface area contributed by atoms with Crippen molar-refractivity contribution in [2.24, 2.45) is 5.73 Å². The number of benzene rings is 1. The highest BCUT2D eigenvalue weighted by Crippen LogP contribution is 2.31. The van der Waals surface area contributed by atoms with Crippen LogP contribution in [0.5, 0.6) is 5.75 Å². The molecular formula is C21H27N5O. The van der Waals surface area contributed by atoms with E-state index in [1.807, 2.05) is 45.0 Å². The van der Waals surface area contributed by atoms with E-state index in [0.717, 1.165) is 17.5 Å². The number of nitrogens with zero attached hydrogens (tertiary/aromatic N) is 3. The molecule has 0 fully saturated rings. The van der Waals surface area contributed by atoms with Crippen LogP contribution in [0.15, 0.2) is 55.0 Å². The van der Waals surface area contributed by atoms with Gasteiger partial charge in [0.25, 0.3) is 0 Å². The molecule has 0 spiro atoms. The first-order valence-electron chi connectivity index (χ1n) is 9.23. The molecule has 0 saturated carbocycles. The smallest absolute Gasteiger partial charge is 0.165 e. The van der Waals surface area contributed by atoms with E-state index in [9.17, 15) is 5.11 Å². The Morgan fingerprint density at radius 1 is 1.11 bits per heavy atom. The summed E-state index contributed by atoms with van der Waals surface area (Å²) in [6, 6.07) is 11.1. The number of aromatic nitrogens is 3. The number of nitrogens with two attached hydrogens (primary N) is 1. The summed E-state index contributed by atoms with van der Waals surface area (Å²) in [5.74, 6) is 1.27. The molecule has 0 aliphatic carbocycles. The van der Waals surface area contributed by atoms with Crippen LogP contribution in [0, 0.1) is 0 Å². The maximum atomic E-state index is 10.2. The zero-order chi connectivity index (χ0) is 19.6. The van der Waals surface area contributed by atoms with Gasteiger partial charge in [-0.3, -0.25) is 4.98 Å². The first-order valence-corrected chi connectivity index (χ1v) is 9.23. The van der Waals surface area contributed by atoms with Gasteiger partial charge in [-0.1, -0.05) is 32.9 Å². The maximum Gasteiger partial charge on any atom is 0.165 e. The van der Waals surface area contributed by atoms with Crippen molar-refractivity contribution in [2.75, 3.05) is 11.9 Å². The summed E-state index contributed by atoms with van der Waals surface area (Å²) in [4.78, 5) is 12.9. The lowest BCUT2D eigenvalue weighted by atomic mass is 10.0. The average Bonchev–Trinajstić information content (AvgIpc) is 2.74. The summed E-state index contributed by atoms with van der Waals surface area (Å²) in [5, 5.41) is 13.4. The summed E-state index contributed by atoms with van der Waals surface area (Å²) in [6.07, 6.45) is 6.06. The molecule has 0 amide bonds. The number of hydrogen-bond acceptors (Lipinski definition) is 6. The third-order valence-corrected chi connectivity index (χ3v) is 3.96. The SMILES string of the molecule is CC.CC[C@@H](N)CNc1ccnc(-c2cc(-c3cccnc3)ccc2O)n1. The van der Waals surface area contributed by atoms with E-state index in [-0.39, 0.29) is 11.8 Å². The molecule has 0 unspecified atom stereocenters. The van der Waals surface area contributed by atoms with Gasteiger partial charge in [-0.05, 0) is 36.2 Å². The van der Waals surface area contributed by atoms with Gasteiger partial charge in [-0.2, -0.15) is 0 Å². The molecule has 6 heteroatoms. The molecule has 3 rings (SSSR count). The highest BCUT2D eigenvalue weighted by atomic mass is 16.3. The predicted molar refractivity (Wildman–Crippen MR) is 110 cm³/mol. The highest BCUT2D eigenvalue weighted by Gasteiger charge is 2.11. The van der Waals surface area contributed by atoms with Gasteiger partial charge in [0.2, 0.25) is 0 Å². The molecule has 0 aliphatic rings. The van der Waals surface area contributed by atoms with E-state index in [2.05, 4.69) is 20.3 Å². The summed E-state index contributed by atoms with van der Waals surface area (Å²) in [5.41, 5.74) is 8.41. The number of phenolic OH excluding ortho intramolecular Hbond substituents is 1. The molecular weight excluding hydrogens is 338 g/mol. The molecule has 0 saturated heterocycles. The van der Waals surface area contributed by atoms with Crippen molar-refractivity contribution < 1.29 is 5.11 Å². The van der Waals surface area contributed by atoms with E-state index in [1.54, 1.807) is 30.7 Å². The van der Waals surface area contributed by atoms with Crippen molar-refractivity contribution >= 4 is 5.82 Å². The van der Waals surface area contributed by atoms with Gasteiger partial charge in [0, 0.05) is 36.7 Å². The molecule has 1 atom stereocenters. The standard InChI is InChI=1S/C19H21N5O.C2H6/c1-2-15(20)12-23-18-7-9-22-19(24-18)16-10-13(5-6-17(16)25)14-4-3-8-21-11-14;1-2/h3-11,15,25H,2,12,20H2,1H3,(H,22,23,24);1-2H3/t15-;/m1./s1. The van der Waals surface area contributed by atoms with E-state index in [0.29, 0.717) is 23.8 Å². The van der Waals surface area contributed by atoms with Crippen LogP contribution >= 0.6 is 0 Å². The van der Waals surface area contributed by atoms with Crippen LogP contribution in [-0.4, -0.2) is 32.6 Å². The van der Waals surface area contributed by atoms with E-state index in [4.69, 9.17) is 5.73 Å². The Labute approximate surface area is 160 Å². The number of phenols is 1. The quantitative estimate of drug-likeness (QED) is 0.609. The van der Waals surface area contributed by atoms with E-state index >= 15 is 0 Å². The zero-order valence-electron chi connectivity index (χ0n) is 16.1. The second-order valence-corrected chi connectivity index (χ2v) is 5.79. The Balaban J connectivity index is 0.00000126. The number of nitrogens with one attached hydrogen (secondary N) is 1. The van der Waals surface area contributed by atoms with E-state index in [1.165, 1.54) is 0 Å². The Hall–Kier alpha value is -2.99. The van der Waals surface area contributed by atoms with Crippen LogP contribution in [0.3, 0.4) is 0 Å². The highest BCUT2D eigenvalue weighted by molar-refractivity contribution is 5.74. The topological polar surface area (TPSA) is 97.0 Å². The van der Waals surface area contributed by atoms with Crippen LogP contribution in [0.4, 0.5) is 5.82 Å². The number of hydrogen-bond donors (Lipinski definition) is 3. The number of rotatable bonds is 6. The number of aromatic hydroxyl groups is 1. The van der Waals surface area contributed by atoms with Gasteiger partial charge in [-0.15, -0.1) is 0 Å². The monoisotopic (exact) mass is 365 g/mol. The average molecular weight is 365 g/mol. The predicted octanol–water partition coefficient (Wildman–Crippen LogP) is 4.09. The van der Waals surface area contributed by atoms with Gasteiger partial charge < -0.3 is 16.2 Å². The Morgan fingerprint density at radius 2 is 1.93 bits per heavy atom. The summed E-state index contributed by atoms with van der Waals surface area (Å²) < 4.78 is 0. The van der Waals surface area contributed by atoms with Crippen LogP contribution in [-0.2, 0) is 0 Å². The lowest BCUT2D eigenvalue weighted by Crippen LogP contribution is -2.28. The molecule has 142 valence electrons. The van der Waals surface area contributed by atoms with Crippen LogP contribution in [0.2, 0.25) is 0 Å². The normalized spacial score (nSPS) is 11.3. The minimum absolute atomic E-state index is 0.0701. The van der Waals surface area contributed by atoms with Crippen molar-refractivity contribution in [1.82, 2.24) is 15.0 Å². The van der Waals surface area contributed by atoms with Gasteiger partial charge >= 0.3 is 0 Å². The van der Waals surface area contributed by atoms with E-state index < -0.39 is 0 Å². The Bertz CT molecular complexity index is 839. The largest absolute Gasteiger partial charge is 0.507 e. The van der Waals surface area contributed by atoms with Crippen LogP contribution in [0.1, 0.15) is 27.2 Å². The summed E-state index contributed by atoms with van der Waals surface area (Å²) in [7, 11) is 0. The third kappa shape index (κ3) is 5.49. The van der Waals surface area contributed by atoms with Crippen molar-refractivity contribution in [1.29, 1.82) is 0 Å². The molecule has 6 nitrogen and oxygen atoms in total. The fourth-order valence-electron chi connectivity index (χ4n) is 2.40. The summed E-state index contributed by atoms with van der Waals surface area (Å²) >= 11 is 0. The molecule has 27 heavy (non-hydrogen) atoms. The van der Waals surface area contributed by atoms with Crippen LogP contribution < -0.4 is 11.1 Å². The number of pyridine rings is 1. The van der Waals surface area contributed by atoms with Crippen molar-refractivity contribution in [3.63, 3.8) is 0 Å². The van der Waals surface area contributed by atoms with Gasteiger partial charge in [-0.25, -0.2) is 9.97 Å². The molecule has 2 aromatic heterocycles. The van der Waals surface area contributed by atoms with Crippen LogP contribution in [0.25, 0.3) is 22.5 Å². The minimum Gasteiger partial charge on any atom is -0.507 e. The molecule has 4 N–H and O–H groups in total. The Morgan fingerprint density at radius 3 is 2.63 bits per heavy atom. The van der Waals surface area contributed by atoms with Gasteiger partial charge in [0.15, 0.2) is 5.82 Å². The Kier molecular flexibility index (Phi) is 7.70. The lowest BCUT2D eigenvalue weighted by molar-refractivity contribution is 0.477. The second-order valence-electron chi connectivity index (χ2n) is 5.79. The minimum atomic E-state index is 0.0701. The molecule has 0 radical (unpaired) electrons. The maximum absolute atomic E-state index is 10.2. The zero-order valence-corrected chi connectivity index (χ0v) is 16.1. The molecule has 1 aromatic carbocycles. The number of anilines is 1. The lowest BCUT2D eigenvalue weighted by Gasteiger charge is -2.12. The first-order chi connectivity index (χ1) is 13.2. The fourth-order valence-corrected chi connectivity index (χ4v) is 2.40. The first kappa shape index (κ1) is 20.3. The van der Waals surface area contributed by atoms with Gasteiger partial charge in [0.05, 0.1) is 5.56 Å². The molecule has 2 heterocycles. The third-order valence-electron chi connectivity index (χ3n) is 3.96. The van der Waals surface area contributed by atoms with Crippen molar-refractivity contribution in [3.8, 4) is 28.3 Å². The molecule has 3 aromatic rings.